The van der Waals surface area contributed by atoms with Crippen molar-refractivity contribution in [1.29, 1.82) is 0 Å². The molecule has 0 unspecified atom stereocenters. The lowest BCUT2D eigenvalue weighted by atomic mass is 10.2. The highest BCUT2D eigenvalue weighted by molar-refractivity contribution is 7.99. The lowest BCUT2D eigenvalue weighted by molar-refractivity contribution is 0.432. The van der Waals surface area contributed by atoms with E-state index in [1.54, 1.807) is 4.57 Å². The second-order valence-corrected chi connectivity index (χ2v) is 6.27. The van der Waals surface area contributed by atoms with Crippen LogP contribution in [0.4, 0.5) is 0 Å². The molecule has 0 saturated heterocycles. The van der Waals surface area contributed by atoms with Crippen LogP contribution in [0.15, 0.2) is 40.3 Å². The zero-order valence-electron chi connectivity index (χ0n) is 12.5. The summed E-state index contributed by atoms with van der Waals surface area (Å²) in [5, 5.41) is 10.8. The van der Waals surface area contributed by atoms with Gasteiger partial charge in [0.15, 0.2) is 5.16 Å². The zero-order valence-corrected chi connectivity index (χ0v) is 13.4. The number of hydrogen-bond acceptors (Lipinski definition) is 4. The molecule has 1 N–H and O–H groups in total. The topological polar surface area (TPSA) is 55.1 Å². The Morgan fingerprint density at radius 1 is 1.29 bits per heavy atom. The van der Waals surface area contributed by atoms with Crippen LogP contribution in [0, 0.1) is 0 Å². The lowest BCUT2D eigenvalue weighted by Crippen LogP contribution is -2.25. The molecule has 1 heterocycles. The summed E-state index contributed by atoms with van der Waals surface area (Å²) in [5.41, 5.74) is 0.935. The van der Waals surface area contributed by atoms with Crippen LogP contribution in [0.25, 0.3) is 5.69 Å². The minimum absolute atomic E-state index is 0.152. The first-order valence-electron chi connectivity index (χ1n) is 7.15. The molecule has 0 bridgehead atoms. The van der Waals surface area contributed by atoms with Crippen LogP contribution in [-0.4, -0.2) is 19.9 Å². The van der Waals surface area contributed by atoms with Gasteiger partial charge in [0, 0.05) is 5.25 Å². The summed E-state index contributed by atoms with van der Waals surface area (Å²) in [5.74, 6) is -0.152. The van der Waals surface area contributed by atoms with Crippen LogP contribution in [-0.2, 0) is 6.42 Å². The molecule has 0 fully saturated rings. The Balaban J connectivity index is 2.66. The van der Waals surface area contributed by atoms with E-state index in [-0.39, 0.29) is 11.4 Å². The third-order valence-electron chi connectivity index (χ3n) is 3.37. The van der Waals surface area contributed by atoms with Gasteiger partial charge in [0.25, 0.3) is 5.56 Å². The Kier molecular flexibility index (Phi) is 5.07. The summed E-state index contributed by atoms with van der Waals surface area (Å²) in [7, 11) is 0. The summed E-state index contributed by atoms with van der Waals surface area (Å²) < 4.78 is 1.59. The van der Waals surface area contributed by atoms with E-state index in [1.807, 2.05) is 37.3 Å². The Bertz CT molecular complexity index is 668. The molecule has 0 spiro atoms. The number of rotatable bonds is 5. The molecule has 0 radical (unpaired) electrons. The standard InChI is InChI=1S/C16H20N2O2S/c1-4-11(3)21-16-17-14(19)13(5-2)15(20)18(16)12-9-7-6-8-10-12/h6-11,19H,4-5H2,1-3H3/t11-/m0/s1. The summed E-state index contributed by atoms with van der Waals surface area (Å²) in [4.78, 5) is 16.9. The van der Waals surface area contributed by atoms with Crippen LogP contribution in [0.2, 0.25) is 0 Å². The van der Waals surface area contributed by atoms with E-state index >= 15 is 0 Å². The van der Waals surface area contributed by atoms with Crippen molar-refractivity contribution in [2.45, 2.75) is 44.0 Å². The van der Waals surface area contributed by atoms with Crippen molar-refractivity contribution in [1.82, 2.24) is 9.55 Å². The Morgan fingerprint density at radius 3 is 2.52 bits per heavy atom. The first-order chi connectivity index (χ1) is 10.1. The lowest BCUT2D eigenvalue weighted by Gasteiger charge is -2.16. The normalized spacial score (nSPS) is 12.3. The van der Waals surface area contributed by atoms with Gasteiger partial charge in [0.2, 0.25) is 5.88 Å². The predicted octanol–water partition coefficient (Wildman–Crippen LogP) is 3.39. The van der Waals surface area contributed by atoms with Gasteiger partial charge in [-0.3, -0.25) is 9.36 Å². The van der Waals surface area contributed by atoms with Crippen LogP contribution >= 0.6 is 11.8 Å². The van der Waals surface area contributed by atoms with E-state index < -0.39 is 0 Å². The maximum Gasteiger partial charge on any atom is 0.265 e. The summed E-state index contributed by atoms with van der Waals surface area (Å²) in [6.07, 6.45) is 1.42. The first-order valence-corrected chi connectivity index (χ1v) is 8.03. The van der Waals surface area contributed by atoms with E-state index in [1.165, 1.54) is 11.8 Å². The molecule has 0 saturated carbocycles. The molecule has 0 aliphatic rings. The van der Waals surface area contributed by atoms with Crippen molar-refractivity contribution in [3.8, 4) is 11.6 Å². The average Bonchev–Trinajstić information content (AvgIpc) is 2.48. The van der Waals surface area contributed by atoms with Gasteiger partial charge in [-0.15, -0.1) is 0 Å². The molecule has 5 heteroatoms. The second-order valence-electron chi connectivity index (χ2n) is 4.86. The molecular weight excluding hydrogens is 284 g/mol. The fraction of sp³-hybridized carbons (Fsp3) is 0.375. The molecule has 1 atom stereocenters. The van der Waals surface area contributed by atoms with Crippen LogP contribution in [0.5, 0.6) is 5.88 Å². The van der Waals surface area contributed by atoms with E-state index in [4.69, 9.17) is 0 Å². The number of benzene rings is 1. The Hall–Kier alpha value is -1.75. The monoisotopic (exact) mass is 304 g/mol. The smallest absolute Gasteiger partial charge is 0.265 e. The van der Waals surface area contributed by atoms with Gasteiger partial charge in [-0.1, -0.05) is 50.7 Å². The van der Waals surface area contributed by atoms with Crippen LogP contribution in [0.1, 0.15) is 32.8 Å². The van der Waals surface area contributed by atoms with E-state index in [0.717, 1.165) is 12.1 Å². The molecule has 2 aromatic rings. The third kappa shape index (κ3) is 3.29. The third-order valence-corrected chi connectivity index (χ3v) is 4.59. The average molecular weight is 304 g/mol. The molecule has 0 amide bonds. The first kappa shape index (κ1) is 15.6. The van der Waals surface area contributed by atoms with Crippen molar-refractivity contribution in [3.05, 3.63) is 46.2 Å². The number of thioether (sulfide) groups is 1. The highest BCUT2D eigenvalue weighted by Crippen LogP contribution is 2.27. The van der Waals surface area contributed by atoms with Crippen molar-refractivity contribution in [2.75, 3.05) is 0 Å². The maximum atomic E-state index is 12.7. The van der Waals surface area contributed by atoms with Gasteiger partial charge in [-0.25, -0.2) is 0 Å². The zero-order chi connectivity index (χ0) is 15.4. The highest BCUT2D eigenvalue weighted by atomic mass is 32.2. The minimum Gasteiger partial charge on any atom is -0.493 e. The van der Waals surface area contributed by atoms with Crippen molar-refractivity contribution in [3.63, 3.8) is 0 Å². The summed E-state index contributed by atoms with van der Waals surface area (Å²) >= 11 is 1.50. The maximum absolute atomic E-state index is 12.7. The second kappa shape index (κ2) is 6.80. The molecule has 4 nitrogen and oxygen atoms in total. The number of aromatic nitrogens is 2. The molecule has 1 aromatic heterocycles. The summed E-state index contributed by atoms with van der Waals surface area (Å²) in [6, 6.07) is 9.43. The van der Waals surface area contributed by atoms with Gasteiger partial charge in [-0.2, -0.15) is 4.98 Å². The largest absolute Gasteiger partial charge is 0.493 e. The molecular formula is C16H20N2O2S. The van der Waals surface area contributed by atoms with E-state index in [0.29, 0.717) is 22.4 Å². The molecule has 0 aliphatic carbocycles. The predicted molar refractivity (Wildman–Crippen MR) is 86.5 cm³/mol. The molecule has 112 valence electrons. The van der Waals surface area contributed by atoms with Crippen LogP contribution < -0.4 is 5.56 Å². The van der Waals surface area contributed by atoms with Gasteiger partial charge >= 0.3 is 0 Å². The molecule has 1 aromatic carbocycles. The molecule has 21 heavy (non-hydrogen) atoms. The number of hydrogen-bond donors (Lipinski definition) is 1. The quantitative estimate of drug-likeness (QED) is 0.679. The minimum atomic E-state index is -0.193. The van der Waals surface area contributed by atoms with Gasteiger partial charge < -0.3 is 5.11 Å². The fourth-order valence-corrected chi connectivity index (χ4v) is 2.94. The van der Waals surface area contributed by atoms with E-state index in [2.05, 4.69) is 18.8 Å². The Morgan fingerprint density at radius 2 is 1.95 bits per heavy atom. The van der Waals surface area contributed by atoms with E-state index in [9.17, 15) is 9.90 Å². The van der Waals surface area contributed by atoms with Crippen molar-refractivity contribution >= 4 is 11.8 Å². The van der Waals surface area contributed by atoms with Crippen molar-refractivity contribution < 1.29 is 5.11 Å². The summed E-state index contributed by atoms with van der Waals surface area (Å²) in [6.45, 7) is 6.01. The van der Waals surface area contributed by atoms with Crippen LogP contribution in [0.3, 0.4) is 0 Å². The Labute approximate surface area is 128 Å². The molecule has 0 aliphatic heterocycles. The number of para-hydroxylation sites is 1. The fourth-order valence-electron chi connectivity index (χ4n) is 1.98. The van der Waals surface area contributed by atoms with Gasteiger partial charge in [-0.05, 0) is 25.0 Å². The van der Waals surface area contributed by atoms with Gasteiger partial charge in [0.05, 0.1) is 11.3 Å². The highest BCUT2D eigenvalue weighted by Gasteiger charge is 2.18. The SMILES string of the molecule is CCc1c(O)nc(S[C@@H](C)CC)n(-c2ccccc2)c1=O. The van der Waals surface area contributed by atoms with Crippen molar-refractivity contribution in [2.24, 2.45) is 0 Å². The van der Waals surface area contributed by atoms with Gasteiger partial charge in [0.1, 0.15) is 0 Å². The number of nitrogens with zero attached hydrogens (tertiary/aromatic N) is 2. The number of aromatic hydroxyl groups is 1. The molecule has 2 rings (SSSR count).